The maximum atomic E-state index is 12.5. The minimum absolute atomic E-state index is 0.0156. The molecule has 1 N–H and O–H groups in total. The summed E-state index contributed by atoms with van der Waals surface area (Å²) in [6, 6.07) is 0. The average Bonchev–Trinajstić information content (AvgIpc) is 1.93. The molecule has 0 amide bonds. The maximum Gasteiger partial charge on any atom is 0.236 e. The van der Waals surface area contributed by atoms with Crippen molar-refractivity contribution in [3.05, 3.63) is 31.9 Å². The molecule has 1 aromatic rings. The van der Waals surface area contributed by atoms with Crippen LogP contribution in [-0.4, -0.2) is 4.98 Å². The molecular formula is C5H2BrClFNO. The van der Waals surface area contributed by atoms with Crippen molar-refractivity contribution in [3.8, 4) is 0 Å². The lowest BCUT2D eigenvalue weighted by Gasteiger charge is -1.92. The zero-order valence-corrected chi connectivity index (χ0v) is 6.96. The van der Waals surface area contributed by atoms with E-state index in [1.165, 1.54) is 6.20 Å². The molecule has 10 heavy (non-hydrogen) atoms. The number of nitrogens with one attached hydrogen (secondary N) is 1. The predicted octanol–water partition coefficient (Wildman–Crippen LogP) is 1.93. The number of pyridine rings is 1. The van der Waals surface area contributed by atoms with Crippen molar-refractivity contribution < 1.29 is 4.39 Å². The molecule has 0 spiro atoms. The lowest BCUT2D eigenvalue weighted by Crippen LogP contribution is -2.07. The molecule has 0 saturated carbocycles. The van der Waals surface area contributed by atoms with E-state index >= 15 is 0 Å². The van der Waals surface area contributed by atoms with Crippen molar-refractivity contribution in [2.24, 2.45) is 0 Å². The van der Waals surface area contributed by atoms with E-state index in [1.54, 1.807) is 0 Å². The second-order valence-electron chi connectivity index (χ2n) is 1.59. The van der Waals surface area contributed by atoms with E-state index in [0.717, 1.165) is 0 Å². The lowest BCUT2D eigenvalue weighted by molar-refractivity contribution is 0.602. The van der Waals surface area contributed by atoms with Gasteiger partial charge in [-0.2, -0.15) is 4.39 Å². The highest BCUT2D eigenvalue weighted by atomic mass is 79.9. The van der Waals surface area contributed by atoms with E-state index in [4.69, 9.17) is 11.6 Å². The zero-order valence-electron chi connectivity index (χ0n) is 4.62. The Bertz CT molecular complexity index is 311. The quantitative estimate of drug-likeness (QED) is 0.674. The molecule has 0 saturated heterocycles. The Morgan fingerprint density at radius 2 is 2.30 bits per heavy atom. The average molecular weight is 226 g/mol. The van der Waals surface area contributed by atoms with Gasteiger partial charge in [0.2, 0.25) is 11.2 Å². The molecule has 1 rings (SSSR count). The highest BCUT2D eigenvalue weighted by molar-refractivity contribution is 9.10. The summed E-state index contributed by atoms with van der Waals surface area (Å²) in [5, 5.41) is -0.152. The number of hydrogen-bond donors (Lipinski definition) is 1. The van der Waals surface area contributed by atoms with Crippen LogP contribution in [0.1, 0.15) is 0 Å². The van der Waals surface area contributed by atoms with Crippen LogP contribution in [-0.2, 0) is 0 Å². The van der Waals surface area contributed by atoms with Gasteiger partial charge < -0.3 is 4.98 Å². The summed E-state index contributed by atoms with van der Waals surface area (Å²) in [6.45, 7) is 0. The van der Waals surface area contributed by atoms with Crippen molar-refractivity contribution in [2.45, 2.75) is 0 Å². The van der Waals surface area contributed by atoms with Crippen LogP contribution >= 0.6 is 27.5 Å². The number of hydrogen-bond acceptors (Lipinski definition) is 1. The highest BCUT2D eigenvalue weighted by Gasteiger charge is 2.06. The Morgan fingerprint density at radius 3 is 2.80 bits per heavy atom. The normalized spacial score (nSPS) is 9.90. The molecule has 2 nitrogen and oxygen atoms in total. The second kappa shape index (κ2) is 2.72. The van der Waals surface area contributed by atoms with Crippen molar-refractivity contribution in [1.82, 2.24) is 4.98 Å². The molecule has 0 atom stereocenters. The topological polar surface area (TPSA) is 32.9 Å². The van der Waals surface area contributed by atoms with Gasteiger partial charge >= 0.3 is 0 Å². The summed E-state index contributed by atoms with van der Waals surface area (Å²) < 4.78 is 12.5. The fraction of sp³-hybridized carbons (Fsp3) is 0. The predicted molar refractivity (Wildman–Crippen MR) is 39.7 cm³/mol. The molecule has 0 aromatic carbocycles. The Hall–Kier alpha value is -0.350. The van der Waals surface area contributed by atoms with Gasteiger partial charge in [-0.25, -0.2) is 0 Å². The minimum atomic E-state index is -0.896. The van der Waals surface area contributed by atoms with Gasteiger partial charge in [0.05, 0.1) is 0 Å². The third-order valence-corrected chi connectivity index (χ3v) is 1.79. The zero-order chi connectivity index (χ0) is 7.72. The lowest BCUT2D eigenvalue weighted by atomic mass is 10.5. The first kappa shape index (κ1) is 7.75. The van der Waals surface area contributed by atoms with Crippen molar-refractivity contribution in [1.29, 1.82) is 0 Å². The number of halogens is 3. The van der Waals surface area contributed by atoms with E-state index in [0.29, 0.717) is 0 Å². The van der Waals surface area contributed by atoms with Gasteiger partial charge in [0.15, 0.2) is 0 Å². The van der Waals surface area contributed by atoms with E-state index in [2.05, 4.69) is 20.9 Å². The van der Waals surface area contributed by atoms with Crippen molar-refractivity contribution in [2.75, 3.05) is 0 Å². The third kappa shape index (κ3) is 1.22. The van der Waals surface area contributed by atoms with Gasteiger partial charge in [-0.3, -0.25) is 4.79 Å². The number of aromatic nitrogens is 1. The highest BCUT2D eigenvalue weighted by Crippen LogP contribution is 2.09. The van der Waals surface area contributed by atoms with Gasteiger partial charge in [0, 0.05) is 6.20 Å². The Balaban J connectivity index is 3.50. The summed E-state index contributed by atoms with van der Waals surface area (Å²) in [6.07, 6.45) is 1.22. The molecular weight excluding hydrogens is 224 g/mol. The van der Waals surface area contributed by atoms with Gasteiger partial charge in [0.25, 0.3) is 0 Å². The standard InChI is InChI=1S/C5H2BrClFNO/c6-5-3(8)4(10)2(7)1-9-5/h1H,(H,9,10). The third-order valence-electron chi connectivity index (χ3n) is 0.935. The van der Waals surface area contributed by atoms with E-state index < -0.39 is 11.2 Å². The van der Waals surface area contributed by atoms with Gasteiger partial charge in [0.1, 0.15) is 9.63 Å². The first-order valence-electron chi connectivity index (χ1n) is 2.35. The molecule has 0 fully saturated rings. The van der Waals surface area contributed by atoms with E-state index in [1.807, 2.05) is 0 Å². The molecule has 0 unspecified atom stereocenters. The number of rotatable bonds is 0. The molecule has 1 heterocycles. The van der Waals surface area contributed by atoms with Crippen LogP contribution in [0.25, 0.3) is 0 Å². The maximum absolute atomic E-state index is 12.5. The minimum Gasteiger partial charge on any atom is -0.352 e. The van der Waals surface area contributed by atoms with Crippen molar-refractivity contribution in [3.63, 3.8) is 0 Å². The molecule has 0 aliphatic heterocycles. The first-order chi connectivity index (χ1) is 4.63. The summed E-state index contributed by atoms with van der Waals surface area (Å²) >= 11 is 8.07. The van der Waals surface area contributed by atoms with Gasteiger partial charge in [-0.1, -0.05) is 11.6 Å². The SMILES string of the molecule is O=c1c(Cl)c[nH]c(Br)c1F. The fourth-order valence-electron chi connectivity index (χ4n) is 0.460. The smallest absolute Gasteiger partial charge is 0.236 e. The summed E-state index contributed by atoms with van der Waals surface area (Å²) in [5.41, 5.74) is -0.799. The van der Waals surface area contributed by atoms with Crippen LogP contribution in [0.4, 0.5) is 4.39 Å². The van der Waals surface area contributed by atoms with Crippen molar-refractivity contribution >= 4 is 27.5 Å². The molecule has 0 aliphatic rings. The summed E-state index contributed by atoms with van der Waals surface area (Å²) in [7, 11) is 0. The van der Waals surface area contributed by atoms with Crippen LogP contribution in [0.5, 0.6) is 0 Å². The van der Waals surface area contributed by atoms with Gasteiger partial charge in [-0.15, -0.1) is 0 Å². The molecule has 54 valence electrons. The Morgan fingerprint density at radius 1 is 1.70 bits per heavy atom. The van der Waals surface area contributed by atoms with Crippen LogP contribution in [0.2, 0.25) is 5.02 Å². The number of aromatic amines is 1. The molecule has 1 aromatic heterocycles. The molecule has 5 heteroatoms. The molecule has 0 aliphatic carbocycles. The van der Waals surface area contributed by atoms with Gasteiger partial charge in [-0.05, 0) is 15.9 Å². The Kier molecular flexibility index (Phi) is 2.11. The van der Waals surface area contributed by atoms with Crippen LogP contribution in [0, 0.1) is 5.82 Å². The summed E-state index contributed by atoms with van der Waals surface area (Å²) in [5.74, 6) is -0.896. The first-order valence-corrected chi connectivity index (χ1v) is 3.52. The van der Waals surface area contributed by atoms with E-state index in [9.17, 15) is 9.18 Å². The monoisotopic (exact) mass is 225 g/mol. The van der Waals surface area contributed by atoms with E-state index in [-0.39, 0.29) is 9.63 Å². The van der Waals surface area contributed by atoms with Crippen LogP contribution in [0.15, 0.2) is 15.6 Å². The molecule has 0 bridgehead atoms. The number of H-pyrrole nitrogens is 1. The largest absolute Gasteiger partial charge is 0.352 e. The fourth-order valence-corrected chi connectivity index (χ4v) is 0.892. The van der Waals surface area contributed by atoms with Crippen LogP contribution in [0.3, 0.4) is 0 Å². The summed E-state index contributed by atoms with van der Waals surface area (Å²) in [4.78, 5) is 13.1. The molecule has 0 radical (unpaired) electrons. The second-order valence-corrected chi connectivity index (χ2v) is 2.79. The Labute approximate surface area is 69.1 Å². The van der Waals surface area contributed by atoms with Crippen LogP contribution < -0.4 is 5.43 Å².